The van der Waals surface area contributed by atoms with Gasteiger partial charge in [0.05, 0.1) is 16.6 Å². The first-order valence-corrected chi connectivity index (χ1v) is 9.69. The monoisotopic (exact) mass is 435 g/mol. The summed E-state index contributed by atoms with van der Waals surface area (Å²) in [6.07, 6.45) is -4.41. The van der Waals surface area contributed by atoms with Gasteiger partial charge in [-0.15, -0.1) is 0 Å². The first-order valence-electron chi connectivity index (χ1n) is 9.69. The van der Waals surface area contributed by atoms with E-state index in [0.29, 0.717) is 48.7 Å². The van der Waals surface area contributed by atoms with Crippen LogP contribution in [0.1, 0.15) is 17.0 Å². The Morgan fingerprint density at radius 2 is 1.87 bits per heavy atom. The van der Waals surface area contributed by atoms with Crippen molar-refractivity contribution in [3.63, 3.8) is 0 Å². The smallest absolute Gasteiger partial charge is 0.368 e. The molecule has 0 unspecified atom stereocenters. The third-order valence-corrected chi connectivity index (χ3v) is 5.39. The van der Waals surface area contributed by atoms with E-state index in [0.717, 1.165) is 16.8 Å². The fourth-order valence-electron chi connectivity index (χ4n) is 3.77. The van der Waals surface area contributed by atoms with Crippen molar-refractivity contribution in [2.45, 2.75) is 26.6 Å². The number of halogens is 3. The van der Waals surface area contributed by atoms with E-state index < -0.39 is 17.3 Å². The van der Waals surface area contributed by atoms with E-state index in [1.165, 1.54) is 6.07 Å². The molecule has 0 N–H and O–H groups in total. The summed E-state index contributed by atoms with van der Waals surface area (Å²) in [6, 6.07) is 5.13. The Balaban J connectivity index is 1.44. The molecule has 8 nitrogen and oxygen atoms in total. The number of aromatic nitrogens is 3. The van der Waals surface area contributed by atoms with Crippen molar-refractivity contribution in [3.8, 4) is 0 Å². The number of amides is 1. The number of nitrogens with zero attached hydrogens (tertiary/aromatic N) is 5. The van der Waals surface area contributed by atoms with E-state index in [-0.39, 0.29) is 18.0 Å². The van der Waals surface area contributed by atoms with Crippen LogP contribution in [0.4, 0.5) is 18.9 Å². The molecule has 0 aliphatic carbocycles. The maximum Gasteiger partial charge on any atom is 0.416 e. The number of benzene rings is 1. The maximum atomic E-state index is 13.0. The van der Waals surface area contributed by atoms with Crippen molar-refractivity contribution < 1.29 is 22.5 Å². The van der Waals surface area contributed by atoms with Gasteiger partial charge in [-0.2, -0.15) is 18.3 Å². The Kier molecular flexibility index (Phi) is 5.19. The van der Waals surface area contributed by atoms with Gasteiger partial charge in [-0.3, -0.25) is 9.59 Å². The van der Waals surface area contributed by atoms with E-state index in [1.807, 2.05) is 0 Å². The zero-order valence-electron chi connectivity index (χ0n) is 16.9. The van der Waals surface area contributed by atoms with Crippen LogP contribution >= 0.6 is 0 Å². The van der Waals surface area contributed by atoms with Crippen LogP contribution in [0.15, 0.2) is 33.6 Å². The summed E-state index contributed by atoms with van der Waals surface area (Å²) in [5.74, 6) is 0.193. The molecule has 4 rings (SSSR count). The number of hydrogen-bond donors (Lipinski definition) is 0. The summed E-state index contributed by atoms with van der Waals surface area (Å²) in [5, 5.41) is 8.52. The first-order chi connectivity index (χ1) is 14.6. The fourth-order valence-corrected chi connectivity index (χ4v) is 3.77. The highest BCUT2D eigenvalue weighted by molar-refractivity contribution is 5.82. The van der Waals surface area contributed by atoms with Crippen molar-refractivity contribution in [1.29, 1.82) is 0 Å². The predicted octanol–water partition coefficient (Wildman–Crippen LogP) is 2.37. The van der Waals surface area contributed by atoms with Crippen LogP contribution in [0.25, 0.3) is 10.9 Å². The van der Waals surface area contributed by atoms with Crippen molar-refractivity contribution in [3.05, 3.63) is 51.6 Å². The molecule has 1 aromatic carbocycles. The molecular weight excluding hydrogens is 415 g/mol. The van der Waals surface area contributed by atoms with Crippen LogP contribution < -0.4 is 10.5 Å². The molecule has 1 aliphatic rings. The Bertz CT molecular complexity index is 1190. The van der Waals surface area contributed by atoms with Crippen LogP contribution in [0.5, 0.6) is 0 Å². The van der Waals surface area contributed by atoms with Crippen LogP contribution in [-0.2, 0) is 17.5 Å². The van der Waals surface area contributed by atoms with Gasteiger partial charge in [0.1, 0.15) is 12.3 Å². The fraction of sp³-hybridized carbons (Fsp3) is 0.400. The highest BCUT2D eigenvalue weighted by atomic mass is 19.4. The molecule has 3 heterocycles. The average molecular weight is 435 g/mol. The second-order valence-electron chi connectivity index (χ2n) is 7.43. The van der Waals surface area contributed by atoms with Crippen molar-refractivity contribution >= 4 is 22.5 Å². The molecule has 2 aromatic heterocycles. The predicted molar refractivity (Wildman–Crippen MR) is 106 cm³/mol. The number of fused-ring (bicyclic) bond motifs is 1. The van der Waals surface area contributed by atoms with Crippen LogP contribution in [0.2, 0.25) is 0 Å². The zero-order valence-corrected chi connectivity index (χ0v) is 16.9. The Morgan fingerprint density at radius 1 is 1.16 bits per heavy atom. The van der Waals surface area contributed by atoms with E-state index in [2.05, 4.69) is 10.3 Å². The molecule has 0 saturated carbocycles. The minimum atomic E-state index is -4.41. The second-order valence-corrected chi connectivity index (χ2v) is 7.43. The molecule has 164 valence electrons. The molecule has 31 heavy (non-hydrogen) atoms. The number of piperazine rings is 1. The standard InChI is InChI=1S/C20H20F3N5O3/c1-12-17-13(2)31-25-18(17)19(30)28(24-12)11-16(29)27-8-6-26(7-9-27)15-5-3-4-14(10-15)20(21,22)23/h3-5,10H,6-9,11H2,1-2H3. The third-order valence-electron chi connectivity index (χ3n) is 5.39. The van der Waals surface area contributed by atoms with Gasteiger partial charge in [-0.05, 0) is 32.0 Å². The lowest BCUT2D eigenvalue weighted by Crippen LogP contribution is -2.50. The quantitative estimate of drug-likeness (QED) is 0.628. The molecule has 0 bridgehead atoms. The lowest BCUT2D eigenvalue weighted by atomic mass is 10.1. The van der Waals surface area contributed by atoms with Crippen LogP contribution in [0, 0.1) is 13.8 Å². The summed E-state index contributed by atoms with van der Waals surface area (Å²) in [7, 11) is 0. The summed E-state index contributed by atoms with van der Waals surface area (Å²) in [4.78, 5) is 28.7. The van der Waals surface area contributed by atoms with E-state index in [9.17, 15) is 22.8 Å². The lowest BCUT2D eigenvalue weighted by molar-refractivity contribution is -0.137. The van der Waals surface area contributed by atoms with Crippen molar-refractivity contribution in [2.24, 2.45) is 0 Å². The first kappa shape index (κ1) is 20.9. The van der Waals surface area contributed by atoms with Gasteiger partial charge in [0.25, 0.3) is 5.56 Å². The van der Waals surface area contributed by atoms with Gasteiger partial charge in [-0.1, -0.05) is 11.2 Å². The summed E-state index contributed by atoms with van der Waals surface area (Å²) in [5.41, 5.74) is -0.0822. The van der Waals surface area contributed by atoms with Gasteiger partial charge in [0.15, 0.2) is 5.52 Å². The summed E-state index contributed by atoms with van der Waals surface area (Å²) >= 11 is 0. The van der Waals surface area contributed by atoms with Gasteiger partial charge in [0.2, 0.25) is 5.91 Å². The minimum absolute atomic E-state index is 0.132. The van der Waals surface area contributed by atoms with Crippen molar-refractivity contribution in [1.82, 2.24) is 19.8 Å². The lowest BCUT2D eigenvalue weighted by Gasteiger charge is -2.36. The minimum Gasteiger partial charge on any atom is -0.368 e. The molecule has 1 fully saturated rings. The molecular formula is C20H20F3N5O3. The second kappa shape index (κ2) is 7.71. The molecule has 11 heteroatoms. The largest absolute Gasteiger partial charge is 0.416 e. The van der Waals surface area contributed by atoms with Crippen LogP contribution in [-0.4, -0.2) is 51.9 Å². The molecule has 0 radical (unpaired) electrons. The Hall–Kier alpha value is -3.37. The third kappa shape index (κ3) is 3.99. The number of carbonyl (C=O) groups is 1. The molecule has 1 amide bonds. The normalized spacial score (nSPS) is 15.0. The Morgan fingerprint density at radius 3 is 2.55 bits per heavy atom. The number of hydrogen-bond acceptors (Lipinski definition) is 6. The van der Waals surface area contributed by atoms with Gasteiger partial charge < -0.3 is 14.3 Å². The van der Waals surface area contributed by atoms with E-state index >= 15 is 0 Å². The SMILES string of the molecule is Cc1nn(CC(=O)N2CCN(c3cccc(C(F)(F)F)c3)CC2)c(=O)c2noc(C)c12. The Labute approximate surface area is 174 Å². The molecule has 1 aliphatic heterocycles. The van der Waals surface area contributed by atoms with Crippen molar-refractivity contribution in [2.75, 3.05) is 31.1 Å². The number of aryl methyl sites for hydroxylation is 2. The molecule has 3 aromatic rings. The highest BCUT2D eigenvalue weighted by Gasteiger charge is 2.31. The number of anilines is 1. The summed E-state index contributed by atoms with van der Waals surface area (Å²) in [6.45, 7) is 4.57. The highest BCUT2D eigenvalue weighted by Crippen LogP contribution is 2.31. The van der Waals surface area contributed by atoms with E-state index in [1.54, 1.807) is 29.7 Å². The number of alkyl halides is 3. The topological polar surface area (TPSA) is 84.5 Å². The number of rotatable bonds is 3. The molecule has 0 spiro atoms. The van der Waals surface area contributed by atoms with Crippen LogP contribution in [0.3, 0.4) is 0 Å². The zero-order chi connectivity index (χ0) is 22.3. The maximum absolute atomic E-state index is 13.0. The average Bonchev–Trinajstić information content (AvgIpc) is 3.13. The number of carbonyl (C=O) groups excluding carboxylic acids is 1. The van der Waals surface area contributed by atoms with E-state index in [4.69, 9.17) is 4.52 Å². The summed E-state index contributed by atoms with van der Waals surface area (Å²) < 4.78 is 45.0. The molecule has 1 saturated heterocycles. The van der Waals surface area contributed by atoms with Gasteiger partial charge in [0, 0.05) is 31.9 Å². The molecule has 0 atom stereocenters. The van der Waals surface area contributed by atoms with Gasteiger partial charge in [-0.25, -0.2) is 4.68 Å². The van der Waals surface area contributed by atoms with Gasteiger partial charge >= 0.3 is 6.18 Å².